The lowest BCUT2D eigenvalue weighted by Gasteiger charge is -2.32. The van der Waals surface area contributed by atoms with Crippen LogP contribution in [0.1, 0.15) is 24.8 Å². The highest BCUT2D eigenvalue weighted by Crippen LogP contribution is 2.20. The Bertz CT molecular complexity index is 660. The molecule has 0 unspecified atom stereocenters. The van der Waals surface area contributed by atoms with E-state index in [0.717, 1.165) is 30.5 Å². The van der Waals surface area contributed by atoms with Crippen LogP contribution in [-0.2, 0) is 21.4 Å². The van der Waals surface area contributed by atoms with Crippen molar-refractivity contribution < 1.29 is 13.2 Å². The molecule has 1 aliphatic rings. The second-order valence-electron chi connectivity index (χ2n) is 5.98. The van der Waals surface area contributed by atoms with Crippen molar-refractivity contribution >= 4 is 21.7 Å². The first-order valence-corrected chi connectivity index (χ1v) is 9.51. The summed E-state index contributed by atoms with van der Waals surface area (Å²) in [6.45, 7) is 0.737. The molecule has 1 amide bonds. The van der Waals surface area contributed by atoms with Gasteiger partial charge in [0.25, 0.3) is 0 Å². The average Bonchev–Trinajstić information content (AvgIpc) is 2.52. The Labute approximate surface area is 137 Å². The summed E-state index contributed by atoms with van der Waals surface area (Å²) >= 11 is 0. The van der Waals surface area contributed by atoms with Gasteiger partial charge in [-0.3, -0.25) is 4.79 Å². The molecule has 7 nitrogen and oxygen atoms in total. The molecule has 1 aromatic rings. The van der Waals surface area contributed by atoms with Crippen molar-refractivity contribution in [2.75, 3.05) is 31.8 Å². The van der Waals surface area contributed by atoms with E-state index < -0.39 is 16.1 Å². The molecule has 2 heterocycles. The maximum absolute atomic E-state index is 12.5. The van der Waals surface area contributed by atoms with Crippen LogP contribution in [0.15, 0.2) is 18.3 Å². The minimum absolute atomic E-state index is 0.247. The van der Waals surface area contributed by atoms with Crippen LogP contribution in [-0.4, -0.2) is 56.6 Å². The van der Waals surface area contributed by atoms with Gasteiger partial charge in [-0.05, 0) is 18.9 Å². The van der Waals surface area contributed by atoms with Crippen molar-refractivity contribution in [3.8, 4) is 0 Å². The maximum Gasteiger partial charge on any atom is 0.238 e. The molecule has 2 rings (SSSR count). The second-order valence-corrected chi connectivity index (χ2v) is 7.92. The number of pyridine rings is 1. The van der Waals surface area contributed by atoms with Crippen LogP contribution in [0.25, 0.3) is 0 Å². The number of sulfonamides is 1. The number of hydrogen-bond acceptors (Lipinski definition) is 5. The molecule has 0 bridgehead atoms. The van der Waals surface area contributed by atoms with Crippen molar-refractivity contribution in [1.82, 2.24) is 14.6 Å². The van der Waals surface area contributed by atoms with Crippen LogP contribution in [0.4, 0.5) is 5.82 Å². The molecule has 128 valence electrons. The standard InChI is InChI=1S/C15H24N4O3S/c1-18(2)14-12(7-6-9-16-14)11-17-15(20)13-8-4-5-10-19(13)23(3,21)22/h6-7,9,13H,4-5,8,10-11H2,1-3H3,(H,17,20)/t13-/m1/s1. The number of carbonyl (C=O) groups excluding carboxylic acids is 1. The molecule has 1 aromatic heterocycles. The zero-order chi connectivity index (χ0) is 17.0. The highest BCUT2D eigenvalue weighted by molar-refractivity contribution is 7.88. The third-order valence-electron chi connectivity index (χ3n) is 3.93. The van der Waals surface area contributed by atoms with E-state index >= 15 is 0 Å². The first-order valence-electron chi connectivity index (χ1n) is 7.66. The fourth-order valence-electron chi connectivity index (χ4n) is 2.84. The molecular formula is C15H24N4O3S. The Balaban J connectivity index is 2.07. The summed E-state index contributed by atoms with van der Waals surface area (Å²) in [6.07, 6.45) is 5.08. The Morgan fingerprint density at radius 1 is 1.43 bits per heavy atom. The lowest BCUT2D eigenvalue weighted by Crippen LogP contribution is -2.51. The van der Waals surface area contributed by atoms with Gasteiger partial charge in [0.2, 0.25) is 15.9 Å². The molecule has 0 radical (unpaired) electrons. The van der Waals surface area contributed by atoms with E-state index in [2.05, 4.69) is 10.3 Å². The Kier molecular flexibility index (Phi) is 5.59. The summed E-state index contributed by atoms with van der Waals surface area (Å²) in [5.41, 5.74) is 0.896. The van der Waals surface area contributed by atoms with Crippen LogP contribution in [0.5, 0.6) is 0 Å². The molecule has 1 fully saturated rings. The molecule has 8 heteroatoms. The maximum atomic E-state index is 12.5. The van der Waals surface area contributed by atoms with Crippen molar-refractivity contribution in [1.29, 1.82) is 0 Å². The first-order chi connectivity index (χ1) is 10.8. The minimum atomic E-state index is -3.37. The number of nitrogens with one attached hydrogen (secondary N) is 1. The number of hydrogen-bond donors (Lipinski definition) is 1. The predicted octanol–water partition coefficient (Wildman–Crippen LogP) is 0.578. The number of carbonyl (C=O) groups is 1. The van der Waals surface area contributed by atoms with Gasteiger partial charge in [-0.1, -0.05) is 12.5 Å². The summed E-state index contributed by atoms with van der Waals surface area (Å²) < 4.78 is 25.0. The molecule has 1 N–H and O–H groups in total. The van der Waals surface area contributed by atoms with Crippen LogP contribution < -0.4 is 10.2 Å². The molecule has 0 spiro atoms. The lowest BCUT2D eigenvalue weighted by molar-refractivity contribution is -0.125. The highest BCUT2D eigenvalue weighted by atomic mass is 32.2. The topological polar surface area (TPSA) is 82.6 Å². The summed E-state index contributed by atoms with van der Waals surface area (Å²) in [5, 5.41) is 2.85. The van der Waals surface area contributed by atoms with Gasteiger partial charge in [0, 0.05) is 38.9 Å². The van der Waals surface area contributed by atoms with Crippen LogP contribution in [0, 0.1) is 0 Å². The Morgan fingerprint density at radius 2 is 2.17 bits per heavy atom. The van der Waals surface area contributed by atoms with Crippen LogP contribution >= 0.6 is 0 Å². The monoisotopic (exact) mass is 340 g/mol. The van der Waals surface area contributed by atoms with Crippen LogP contribution in [0.2, 0.25) is 0 Å². The molecule has 0 saturated carbocycles. The molecule has 1 saturated heterocycles. The van der Waals surface area contributed by atoms with E-state index in [0.29, 0.717) is 19.5 Å². The number of rotatable bonds is 5. The summed E-state index contributed by atoms with van der Waals surface area (Å²) in [4.78, 5) is 18.6. The number of aromatic nitrogens is 1. The zero-order valence-corrected chi connectivity index (χ0v) is 14.6. The zero-order valence-electron chi connectivity index (χ0n) is 13.8. The van der Waals surface area contributed by atoms with E-state index in [1.807, 2.05) is 31.1 Å². The minimum Gasteiger partial charge on any atom is -0.362 e. The highest BCUT2D eigenvalue weighted by Gasteiger charge is 2.34. The van der Waals surface area contributed by atoms with Crippen molar-refractivity contribution in [2.24, 2.45) is 0 Å². The molecular weight excluding hydrogens is 316 g/mol. The number of amides is 1. The summed E-state index contributed by atoms with van der Waals surface area (Å²) in [5.74, 6) is 0.542. The van der Waals surface area contributed by atoms with E-state index in [1.54, 1.807) is 6.20 Å². The SMILES string of the molecule is CN(C)c1ncccc1CNC(=O)[C@H]1CCCCN1S(C)(=O)=O. The molecule has 0 aromatic carbocycles. The quantitative estimate of drug-likeness (QED) is 0.848. The number of piperidine rings is 1. The van der Waals surface area contributed by atoms with Gasteiger partial charge in [0.15, 0.2) is 0 Å². The van der Waals surface area contributed by atoms with Crippen LogP contribution in [0.3, 0.4) is 0 Å². The van der Waals surface area contributed by atoms with Gasteiger partial charge >= 0.3 is 0 Å². The normalized spacial score (nSPS) is 19.3. The second kappa shape index (κ2) is 7.27. The van der Waals surface area contributed by atoms with Gasteiger partial charge in [0.05, 0.1) is 6.26 Å². The molecule has 0 aliphatic carbocycles. The van der Waals surface area contributed by atoms with E-state index in [1.165, 1.54) is 4.31 Å². The van der Waals surface area contributed by atoms with Crippen molar-refractivity contribution in [3.63, 3.8) is 0 Å². The third-order valence-corrected chi connectivity index (χ3v) is 5.22. The van der Waals surface area contributed by atoms with Crippen molar-refractivity contribution in [2.45, 2.75) is 31.8 Å². The fraction of sp³-hybridized carbons (Fsp3) is 0.600. The van der Waals surface area contributed by atoms with Gasteiger partial charge in [-0.25, -0.2) is 13.4 Å². The molecule has 1 aliphatic heterocycles. The largest absolute Gasteiger partial charge is 0.362 e. The van der Waals surface area contributed by atoms with E-state index in [9.17, 15) is 13.2 Å². The van der Waals surface area contributed by atoms with Gasteiger partial charge < -0.3 is 10.2 Å². The van der Waals surface area contributed by atoms with Crippen molar-refractivity contribution in [3.05, 3.63) is 23.9 Å². The number of nitrogens with zero attached hydrogens (tertiary/aromatic N) is 3. The fourth-order valence-corrected chi connectivity index (χ4v) is 3.96. The van der Waals surface area contributed by atoms with Gasteiger partial charge in [-0.15, -0.1) is 0 Å². The first kappa shape index (κ1) is 17.7. The Morgan fingerprint density at radius 3 is 2.83 bits per heavy atom. The predicted molar refractivity (Wildman–Crippen MR) is 89.6 cm³/mol. The van der Waals surface area contributed by atoms with E-state index in [4.69, 9.17) is 0 Å². The molecule has 1 atom stereocenters. The number of anilines is 1. The average molecular weight is 340 g/mol. The Hall–Kier alpha value is -1.67. The van der Waals surface area contributed by atoms with Gasteiger partial charge in [0.1, 0.15) is 11.9 Å². The smallest absolute Gasteiger partial charge is 0.238 e. The van der Waals surface area contributed by atoms with Gasteiger partial charge in [-0.2, -0.15) is 4.31 Å². The lowest BCUT2D eigenvalue weighted by atomic mass is 10.0. The third kappa shape index (κ3) is 4.42. The summed E-state index contributed by atoms with van der Waals surface area (Å²) in [6, 6.07) is 3.11. The summed E-state index contributed by atoms with van der Waals surface area (Å²) in [7, 11) is 0.405. The van der Waals surface area contributed by atoms with E-state index in [-0.39, 0.29) is 5.91 Å². The molecule has 23 heavy (non-hydrogen) atoms.